The fourth-order valence-electron chi connectivity index (χ4n) is 4.07. The van der Waals surface area contributed by atoms with Crippen molar-refractivity contribution in [3.05, 3.63) is 47.2 Å². The number of halogens is 5. The highest BCUT2D eigenvalue weighted by Crippen LogP contribution is 2.41. The Morgan fingerprint density at radius 2 is 1.84 bits per heavy atom. The maximum Gasteiger partial charge on any atom is 0.424 e. The highest BCUT2D eigenvalue weighted by atomic mass is 19.4. The fraction of sp³-hybridized carbons (Fsp3) is 0.474. The van der Waals surface area contributed by atoms with E-state index in [1.807, 2.05) is 0 Å². The molecule has 31 heavy (non-hydrogen) atoms. The minimum atomic E-state index is -4.92. The van der Waals surface area contributed by atoms with Crippen LogP contribution in [0.25, 0.3) is 10.9 Å². The summed E-state index contributed by atoms with van der Waals surface area (Å²) in [7, 11) is 1.52. The van der Waals surface area contributed by atoms with Gasteiger partial charge in [0.1, 0.15) is 0 Å². The second kappa shape index (κ2) is 6.97. The van der Waals surface area contributed by atoms with E-state index in [9.17, 15) is 32.2 Å². The number of imidazole rings is 1. The van der Waals surface area contributed by atoms with Gasteiger partial charge in [-0.3, -0.25) is 9.58 Å². The number of fused-ring (bicyclic) bond motifs is 2. The first-order chi connectivity index (χ1) is 14.3. The molecular formula is C19H20F5N5O2. The van der Waals surface area contributed by atoms with Crippen molar-refractivity contribution in [2.75, 3.05) is 6.54 Å². The molecule has 3 aromatic rings. The van der Waals surface area contributed by atoms with Crippen LogP contribution in [0.4, 0.5) is 22.0 Å². The molecule has 0 fully saturated rings. The molecule has 3 atom stereocenters. The Balaban J connectivity index is 1.71. The number of rotatable bonds is 3. The summed E-state index contributed by atoms with van der Waals surface area (Å²) in [4.78, 5) is 5.37. The van der Waals surface area contributed by atoms with E-state index in [0.717, 1.165) is 12.1 Å². The van der Waals surface area contributed by atoms with Gasteiger partial charge in [-0.1, -0.05) is 0 Å². The Kier molecular flexibility index (Phi) is 4.87. The van der Waals surface area contributed by atoms with E-state index in [-0.39, 0.29) is 29.7 Å². The average Bonchev–Trinajstić information content (AvgIpc) is 3.22. The van der Waals surface area contributed by atoms with Crippen LogP contribution in [-0.2, 0) is 19.2 Å². The molecule has 0 amide bonds. The van der Waals surface area contributed by atoms with Crippen LogP contribution in [0.5, 0.6) is 0 Å². The summed E-state index contributed by atoms with van der Waals surface area (Å²) >= 11 is 0. The van der Waals surface area contributed by atoms with Gasteiger partial charge < -0.3 is 14.8 Å². The van der Waals surface area contributed by atoms with Crippen molar-refractivity contribution in [3.8, 4) is 0 Å². The zero-order chi connectivity index (χ0) is 22.9. The van der Waals surface area contributed by atoms with Crippen molar-refractivity contribution in [2.45, 2.75) is 44.4 Å². The molecule has 1 aliphatic heterocycles. The lowest BCUT2D eigenvalue weighted by molar-refractivity contribution is -0.263. The lowest BCUT2D eigenvalue weighted by Gasteiger charge is -2.38. The number of aromatic nitrogens is 4. The largest absolute Gasteiger partial charge is 0.424 e. The molecule has 2 aromatic heterocycles. The first-order valence-electron chi connectivity index (χ1n) is 9.42. The van der Waals surface area contributed by atoms with Gasteiger partial charge >= 0.3 is 6.18 Å². The third-order valence-corrected chi connectivity index (χ3v) is 5.68. The van der Waals surface area contributed by atoms with Crippen LogP contribution in [0, 0.1) is 11.6 Å². The van der Waals surface area contributed by atoms with Crippen LogP contribution in [0.1, 0.15) is 43.3 Å². The number of hydrogen-bond acceptors (Lipinski definition) is 5. The first kappa shape index (κ1) is 21.7. The predicted molar refractivity (Wildman–Crippen MR) is 98.6 cm³/mol. The molecule has 12 heteroatoms. The van der Waals surface area contributed by atoms with Crippen molar-refractivity contribution in [1.29, 1.82) is 0 Å². The molecule has 0 saturated carbocycles. The second-order valence-electron chi connectivity index (χ2n) is 7.96. The number of nitrogens with zero attached hydrogens (tertiary/aromatic N) is 5. The molecule has 0 bridgehead atoms. The van der Waals surface area contributed by atoms with E-state index in [1.54, 1.807) is 11.8 Å². The molecule has 0 spiro atoms. The minimum Gasteiger partial charge on any atom is -0.374 e. The van der Waals surface area contributed by atoms with Crippen LogP contribution in [0.3, 0.4) is 0 Å². The van der Waals surface area contributed by atoms with Crippen molar-refractivity contribution in [3.63, 3.8) is 0 Å². The number of aryl methyl sites for hydroxylation is 1. The van der Waals surface area contributed by atoms with Gasteiger partial charge in [0.05, 0.1) is 16.9 Å². The Morgan fingerprint density at radius 3 is 2.48 bits per heavy atom. The molecule has 3 heterocycles. The van der Waals surface area contributed by atoms with Gasteiger partial charge in [-0.15, -0.1) is 0 Å². The summed E-state index contributed by atoms with van der Waals surface area (Å²) in [5, 5.41) is 25.4. The molecule has 4 rings (SSSR count). The van der Waals surface area contributed by atoms with Gasteiger partial charge in [0.25, 0.3) is 0 Å². The standard InChI is InChI=1S/C19H20F5N5O2/c1-9-7-28(8-10-6-25-17(29(9)10)18(2,31)19(22,23)24)16(30)15-11-4-12(20)13(21)5-14(11)26-27(15)3/h4-6,9,16,30-31H,7-8H2,1-3H3/t9-,16?,18?/m0/s1. The molecule has 168 valence electrons. The highest BCUT2D eigenvalue weighted by Gasteiger charge is 2.55. The Labute approximate surface area is 173 Å². The Morgan fingerprint density at radius 1 is 1.19 bits per heavy atom. The SMILES string of the molecule is C[C@H]1CN(C(O)c2c3cc(F)c(F)cc3nn2C)Cc2cnc(C(C)(O)C(F)(F)F)n21. The van der Waals surface area contributed by atoms with Gasteiger partial charge in [-0.25, -0.2) is 13.8 Å². The molecule has 2 N–H and O–H groups in total. The second-order valence-corrected chi connectivity index (χ2v) is 7.96. The zero-order valence-electron chi connectivity index (χ0n) is 16.8. The van der Waals surface area contributed by atoms with Crippen molar-refractivity contribution in [1.82, 2.24) is 24.2 Å². The van der Waals surface area contributed by atoms with Gasteiger partial charge in [0.15, 0.2) is 23.7 Å². The molecule has 0 saturated heterocycles. The van der Waals surface area contributed by atoms with E-state index in [0.29, 0.717) is 12.6 Å². The molecular weight excluding hydrogens is 425 g/mol. The summed E-state index contributed by atoms with van der Waals surface area (Å²) in [6, 6.07) is 1.31. The average molecular weight is 445 g/mol. The van der Waals surface area contributed by atoms with Gasteiger partial charge in [0.2, 0.25) is 5.60 Å². The summed E-state index contributed by atoms with van der Waals surface area (Å²) in [5.41, 5.74) is -2.40. The lowest BCUT2D eigenvalue weighted by Crippen LogP contribution is -2.45. The smallest absolute Gasteiger partial charge is 0.374 e. The normalized spacial score (nSPS) is 20.6. The first-order valence-corrected chi connectivity index (χ1v) is 9.42. The summed E-state index contributed by atoms with van der Waals surface area (Å²) in [6.45, 7) is 2.41. The van der Waals surface area contributed by atoms with Crippen molar-refractivity contribution >= 4 is 10.9 Å². The van der Waals surface area contributed by atoms with Gasteiger partial charge in [-0.2, -0.15) is 18.3 Å². The van der Waals surface area contributed by atoms with Gasteiger partial charge in [0, 0.05) is 43.8 Å². The minimum absolute atomic E-state index is 0.0167. The number of alkyl halides is 3. The third kappa shape index (κ3) is 3.29. The molecule has 1 aliphatic rings. The highest BCUT2D eigenvalue weighted by molar-refractivity contribution is 5.82. The van der Waals surface area contributed by atoms with E-state index < -0.39 is 41.5 Å². The number of benzene rings is 1. The van der Waals surface area contributed by atoms with Gasteiger partial charge in [-0.05, 0) is 19.9 Å². The summed E-state index contributed by atoms with van der Waals surface area (Å²) in [5.74, 6) is -2.68. The Bertz CT molecular complexity index is 1150. The third-order valence-electron chi connectivity index (χ3n) is 5.68. The van der Waals surface area contributed by atoms with Crippen molar-refractivity contribution in [2.24, 2.45) is 7.05 Å². The van der Waals surface area contributed by atoms with Crippen LogP contribution >= 0.6 is 0 Å². The molecule has 0 radical (unpaired) electrons. The predicted octanol–water partition coefficient (Wildman–Crippen LogP) is 2.89. The van der Waals surface area contributed by atoms with E-state index in [4.69, 9.17) is 0 Å². The molecule has 1 aromatic carbocycles. The fourth-order valence-corrected chi connectivity index (χ4v) is 4.07. The zero-order valence-corrected chi connectivity index (χ0v) is 16.8. The molecule has 7 nitrogen and oxygen atoms in total. The molecule has 2 unspecified atom stereocenters. The maximum atomic E-state index is 13.8. The van der Waals surface area contributed by atoms with Crippen LogP contribution in [-0.4, -0.2) is 47.2 Å². The van der Waals surface area contributed by atoms with Crippen LogP contribution in [0.15, 0.2) is 18.3 Å². The van der Waals surface area contributed by atoms with E-state index >= 15 is 0 Å². The van der Waals surface area contributed by atoms with Crippen molar-refractivity contribution < 1.29 is 32.2 Å². The number of aliphatic hydroxyl groups excluding tert-OH is 1. The Hall–Kier alpha value is -2.57. The summed E-state index contributed by atoms with van der Waals surface area (Å²) in [6.07, 6.45) is -4.99. The topological polar surface area (TPSA) is 79.3 Å². The summed E-state index contributed by atoms with van der Waals surface area (Å²) < 4.78 is 69.9. The quantitative estimate of drug-likeness (QED) is 0.607. The van der Waals surface area contributed by atoms with Crippen LogP contribution < -0.4 is 0 Å². The number of aliphatic hydroxyl groups is 2. The van der Waals surface area contributed by atoms with Crippen LogP contribution in [0.2, 0.25) is 0 Å². The monoisotopic (exact) mass is 445 g/mol. The lowest BCUT2D eigenvalue weighted by atomic mass is 10.0. The maximum absolute atomic E-state index is 13.8. The van der Waals surface area contributed by atoms with E-state index in [2.05, 4.69) is 10.1 Å². The van der Waals surface area contributed by atoms with E-state index in [1.165, 1.54) is 22.5 Å². The number of hydrogen-bond donors (Lipinski definition) is 2. The molecule has 0 aliphatic carbocycles.